The van der Waals surface area contributed by atoms with E-state index in [1.54, 1.807) is 0 Å². The lowest BCUT2D eigenvalue weighted by Crippen LogP contribution is -2.15. The Bertz CT molecular complexity index is 1450. The summed E-state index contributed by atoms with van der Waals surface area (Å²) < 4.78 is 199. The zero-order valence-corrected chi connectivity index (χ0v) is 18.1. The van der Waals surface area contributed by atoms with Gasteiger partial charge in [0, 0.05) is 24.3 Å². The van der Waals surface area contributed by atoms with Gasteiger partial charge in [0.05, 0.1) is 11.4 Å². The summed E-state index contributed by atoms with van der Waals surface area (Å²) in [4.78, 5) is 0. The summed E-state index contributed by atoms with van der Waals surface area (Å²) in [5.74, 6) is -18.0. The van der Waals surface area contributed by atoms with E-state index in [9.17, 15) is 61.5 Å². The van der Waals surface area contributed by atoms with Gasteiger partial charge in [-0.3, -0.25) is 0 Å². The second-order valence-corrected chi connectivity index (χ2v) is 7.39. The number of hydrogen-bond acceptors (Lipinski definition) is 4. The van der Waals surface area contributed by atoms with Crippen LogP contribution in [0.15, 0.2) is 24.3 Å². The Kier molecular flexibility index (Phi) is 7.22. The van der Waals surface area contributed by atoms with Crippen molar-refractivity contribution in [3.8, 4) is 23.0 Å². The van der Waals surface area contributed by atoms with E-state index in [0.29, 0.717) is 0 Å². The Morgan fingerprint density at radius 2 is 0.821 bits per heavy atom. The first kappa shape index (κ1) is 29.4. The summed E-state index contributed by atoms with van der Waals surface area (Å²) in [5.41, 5.74) is -0.975. The molecule has 0 heterocycles. The van der Waals surface area contributed by atoms with Gasteiger partial charge in [-0.05, 0) is 0 Å². The SMILES string of the molecule is Nc1c(F)c(F)cc(Oc2cc(F)c(C(F)(F)F)c(Oc3cc(F)c(F)c(N)c3C(F)(F)F)c2)c1C(F)(F)F. The van der Waals surface area contributed by atoms with Gasteiger partial charge in [0.2, 0.25) is 0 Å². The van der Waals surface area contributed by atoms with Crippen LogP contribution in [0.5, 0.6) is 23.0 Å². The number of alkyl halides is 9. The average Bonchev–Trinajstić information content (AvgIpc) is 2.72. The summed E-state index contributed by atoms with van der Waals surface area (Å²) in [6.45, 7) is 0. The van der Waals surface area contributed by atoms with Crippen molar-refractivity contribution in [2.24, 2.45) is 0 Å². The van der Waals surface area contributed by atoms with Crippen molar-refractivity contribution in [3.63, 3.8) is 0 Å². The molecular formula is C21H8F14N2O2. The number of halogens is 14. The average molecular weight is 586 g/mol. The molecule has 212 valence electrons. The zero-order chi connectivity index (χ0) is 29.8. The van der Waals surface area contributed by atoms with Gasteiger partial charge in [-0.25, -0.2) is 22.0 Å². The van der Waals surface area contributed by atoms with Crippen molar-refractivity contribution < 1.29 is 70.9 Å². The number of rotatable bonds is 4. The van der Waals surface area contributed by atoms with Crippen LogP contribution in [0.4, 0.5) is 72.8 Å². The molecule has 0 fully saturated rings. The Morgan fingerprint density at radius 3 is 1.21 bits per heavy atom. The molecule has 0 atom stereocenters. The lowest BCUT2D eigenvalue weighted by molar-refractivity contribution is -0.141. The third kappa shape index (κ3) is 5.68. The van der Waals surface area contributed by atoms with E-state index < -0.39 is 98.7 Å². The van der Waals surface area contributed by atoms with Gasteiger partial charge < -0.3 is 20.9 Å². The smallest absolute Gasteiger partial charge is 0.422 e. The largest absolute Gasteiger partial charge is 0.456 e. The molecule has 0 unspecified atom stereocenters. The van der Waals surface area contributed by atoms with E-state index in [2.05, 4.69) is 9.47 Å². The number of nitrogen functional groups attached to an aromatic ring is 2. The van der Waals surface area contributed by atoms with Crippen LogP contribution in [0.1, 0.15) is 16.7 Å². The molecule has 3 rings (SSSR count). The van der Waals surface area contributed by atoms with Gasteiger partial charge in [0.25, 0.3) is 0 Å². The Hall–Kier alpha value is -4.12. The molecule has 0 bridgehead atoms. The topological polar surface area (TPSA) is 70.5 Å². The van der Waals surface area contributed by atoms with Crippen LogP contribution >= 0.6 is 0 Å². The maximum atomic E-state index is 14.5. The summed E-state index contributed by atoms with van der Waals surface area (Å²) in [5, 5.41) is 0. The quantitative estimate of drug-likeness (QED) is 0.239. The molecule has 3 aromatic rings. The third-order valence-electron chi connectivity index (χ3n) is 4.77. The monoisotopic (exact) mass is 586 g/mol. The van der Waals surface area contributed by atoms with Crippen LogP contribution < -0.4 is 20.9 Å². The number of hydrogen-bond donors (Lipinski definition) is 2. The minimum absolute atomic E-state index is 0.110. The highest BCUT2D eigenvalue weighted by molar-refractivity contribution is 5.60. The number of anilines is 2. The van der Waals surface area contributed by atoms with Crippen molar-refractivity contribution >= 4 is 11.4 Å². The molecule has 0 saturated carbocycles. The van der Waals surface area contributed by atoms with Crippen LogP contribution in [0.3, 0.4) is 0 Å². The summed E-state index contributed by atoms with van der Waals surface area (Å²) in [6.07, 6.45) is -17.0. The molecule has 4 N–H and O–H groups in total. The summed E-state index contributed by atoms with van der Waals surface area (Å²) in [7, 11) is 0. The van der Waals surface area contributed by atoms with Gasteiger partial charge in [-0.1, -0.05) is 0 Å². The lowest BCUT2D eigenvalue weighted by Gasteiger charge is -2.21. The van der Waals surface area contributed by atoms with Gasteiger partial charge in [-0.15, -0.1) is 0 Å². The number of nitrogens with two attached hydrogens (primary N) is 2. The summed E-state index contributed by atoms with van der Waals surface area (Å²) in [6, 6.07) is -0.959. The molecular weight excluding hydrogens is 578 g/mol. The van der Waals surface area contributed by atoms with Crippen LogP contribution in [0.25, 0.3) is 0 Å². The van der Waals surface area contributed by atoms with Crippen LogP contribution in [-0.4, -0.2) is 0 Å². The van der Waals surface area contributed by atoms with Gasteiger partial charge >= 0.3 is 18.5 Å². The van der Waals surface area contributed by atoms with E-state index in [-0.39, 0.29) is 24.3 Å². The second-order valence-electron chi connectivity index (χ2n) is 7.39. The Labute approximate surface area is 206 Å². The zero-order valence-electron chi connectivity index (χ0n) is 18.1. The molecule has 0 radical (unpaired) electrons. The predicted molar refractivity (Wildman–Crippen MR) is 103 cm³/mol. The molecule has 18 heteroatoms. The maximum Gasteiger partial charge on any atom is 0.422 e. The van der Waals surface area contributed by atoms with Crippen molar-refractivity contribution in [3.05, 3.63) is 70.0 Å². The van der Waals surface area contributed by atoms with Gasteiger partial charge in [0.15, 0.2) is 23.3 Å². The first-order chi connectivity index (χ1) is 17.6. The second kappa shape index (κ2) is 9.57. The number of benzene rings is 3. The molecule has 0 amide bonds. The van der Waals surface area contributed by atoms with Crippen molar-refractivity contribution in [1.29, 1.82) is 0 Å². The minimum atomic E-state index is -5.76. The molecule has 4 nitrogen and oxygen atoms in total. The van der Waals surface area contributed by atoms with Crippen molar-refractivity contribution in [1.82, 2.24) is 0 Å². The van der Waals surface area contributed by atoms with E-state index in [1.807, 2.05) is 0 Å². The van der Waals surface area contributed by atoms with Crippen molar-refractivity contribution in [2.45, 2.75) is 18.5 Å². The fraction of sp³-hybridized carbons (Fsp3) is 0.143. The lowest BCUT2D eigenvalue weighted by atomic mass is 10.1. The normalized spacial score (nSPS) is 12.6. The van der Waals surface area contributed by atoms with Crippen LogP contribution in [0, 0.1) is 29.1 Å². The molecule has 0 spiro atoms. The highest BCUT2D eigenvalue weighted by atomic mass is 19.4. The first-order valence-electron chi connectivity index (χ1n) is 9.60. The van der Waals surface area contributed by atoms with E-state index in [4.69, 9.17) is 11.5 Å². The maximum absolute atomic E-state index is 14.5. The van der Waals surface area contributed by atoms with Crippen LogP contribution in [-0.2, 0) is 18.5 Å². The Balaban J connectivity index is 2.27. The van der Waals surface area contributed by atoms with Crippen molar-refractivity contribution in [2.75, 3.05) is 11.5 Å². The standard InChI is InChI=1S/C21H8F14N2O2/c22-6-1-5(38-10-3-7(23)15(25)17(36)13(10)20(30,31)32)2-9(12(6)19(27,28)29)39-11-4-8(24)16(26)18(37)14(11)21(33,34)35/h1-4H,36-37H2. The molecule has 39 heavy (non-hydrogen) atoms. The number of ether oxygens (including phenoxy) is 2. The fourth-order valence-corrected chi connectivity index (χ4v) is 3.21. The highest BCUT2D eigenvalue weighted by Gasteiger charge is 2.43. The molecule has 0 aliphatic rings. The highest BCUT2D eigenvalue weighted by Crippen LogP contribution is 2.49. The fourth-order valence-electron chi connectivity index (χ4n) is 3.21. The molecule has 3 aromatic carbocycles. The molecule has 0 aromatic heterocycles. The predicted octanol–water partition coefficient (Wildman–Crippen LogP) is 8.19. The Morgan fingerprint density at radius 1 is 0.462 bits per heavy atom. The van der Waals surface area contributed by atoms with E-state index in [1.165, 1.54) is 0 Å². The molecule has 0 aliphatic carbocycles. The molecule has 0 aliphatic heterocycles. The molecule has 0 saturated heterocycles. The van der Waals surface area contributed by atoms with Gasteiger partial charge in [-0.2, -0.15) is 39.5 Å². The minimum Gasteiger partial charge on any atom is -0.456 e. The van der Waals surface area contributed by atoms with Crippen LogP contribution in [0.2, 0.25) is 0 Å². The summed E-state index contributed by atoms with van der Waals surface area (Å²) >= 11 is 0. The van der Waals surface area contributed by atoms with E-state index >= 15 is 0 Å². The first-order valence-corrected chi connectivity index (χ1v) is 9.60. The van der Waals surface area contributed by atoms with E-state index in [0.717, 1.165) is 0 Å². The third-order valence-corrected chi connectivity index (χ3v) is 4.77. The van der Waals surface area contributed by atoms with Gasteiger partial charge in [0.1, 0.15) is 45.5 Å².